The number of hydrogen-bond donors (Lipinski definition) is 1. The molecule has 2 aliphatic rings. The Bertz CT molecular complexity index is 1490. The zero-order valence-corrected chi connectivity index (χ0v) is 22.2. The minimum absolute atomic E-state index is 0.0235. The molecule has 4 heterocycles. The van der Waals surface area contributed by atoms with Gasteiger partial charge in [-0.05, 0) is 24.5 Å². The van der Waals surface area contributed by atoms with Crippen molar-refractivity contribution in [2.75, 3.05) is 34.4 Å². The summed E-state index contributed by atoms with van der Waals surface area (Å²) in [6.45, 7) is 2.45. The third-order valence-electron chi connectivity index (χ3n) is 7.67. The molecule has 5 rings (SSSR count). The van der Waals surface area contributed by atoms with Crippen LogP contribution in [0.3, 0.4) is 0 Å². The van der Waals surface area contributed by atoms with Crippen molar-refractivity contribution in [1.29, 1.82) is 0 Å². The van der Waals surface area contributed by atoms with E-state index in [0.717, 1.165) is 18.7 Å². The van der Waals surface area contributed by atoms with Crippen molar-refractivity contribution in [3.63, 3.8) is 0 Å². The van der Waals surface area contributed by atoms with Gasteiger partial charge < -0.3 is 28.3 Å². The number of hydrogen-bond acceptors (Lipinski definition) is 9. The monoisotopic (exact) mass is 536 g/mol. The number of aromatic nitrogens is 1. The number of methoxy groups -OCH3 is 3. The van der Waals surface area contributed by atoms with E-state index in [1.165, 1.54) is 27.4 Å². The quantitative estimate of drug-likeness (QED) is 0.433. The van der Waals surface area contributed by atoms with Crippen LogP contribution in [0.4, 0.5) is 0 Å². The average molecular weight is 537 g/mol. The predicted molar refractivity (Wildman–Crippen MR) is 141 cm³/mol. The van der Waals surface area contributed by atoms with Gasteiger partial charge in [0, 0.05) is 55.0 Å². The van der Waals surface area contributed by atoms with Gasteiger partial charge in [0.1, 0.15) is 17.3 Å². The second kappa shape index (κ2) is 11.0. The fraction of sp³-hybridized carbons (Fsp3) is 0.414. The van der Waals surface area contributed by atoms with Crippen LogP contribution in [0.25, 0.3) is 0 Å². The van der Waals surface area contributed by atoms with Gasteiger partial charge in [-0.1, -0.05) is 12.1 Å². The van der Waals surface area contributed by atoms with Crippen molar-refractivity contribution in [3.05, 3.63) is 85.8 Å². The molecule has 206 valence electrons. The molecule has 2 aromatic heterocycles. The Labute approximate surface area is 225 Å². The molecule has 2 aliphatic heterocycles. The third kappa shape index (κ3) is 5.29. The van der Waals surface area contributed by atoms with Gasteiger partial charge in [-0.15, -0.1) is 0 Å². The molecular weight excluding hydrogens is 504 g/mol. The molecule has 0 spiro atoms. The van der Waals surface area contributed by atoms with Gasteiger partial charge >= 0.3 is 5.97 Å². The van der Waals surface area contributed by atoms with Crippen molar-refractivity contribution < 1.29 is 28.5 Å². The van der Waals surface area contributed by atoms with Gasteiger partial charge in [0.25, 0.3) is 5.56 Å². The second-order valence-electron chi connectivity index (χ2n) is 10.1. The molecule has 1 saturated heterocycles. The van der Waals surface area contributed by atoms with E-state index < -0.39 is 23.1 Å². The molecule has 0 aliphatic carbocycles. The summed E-state index contributed by atoms with van der Waals surface area (Å²) in [4.78, 5) is 39.9. The molecule has 10 heteroatoms. The van der Waals surface area contributed by atoms with Crippen molar-refractivity contribution in [3.8, 4) is 17.2 Å². The molecule has 0 radical (unpaired) electrons. The molecule has 39 heavy (non-hydrogen) atoms. The Morgan fingerprint density at radius 2 is 1.90 bits per heavy atom. The van der Waals surface area contributed by atoms with E-state index in [1.807, 2.05) is 10.6 Å². The van der Waals surface area contributed by atoms with Crippen molar-refractivity contribution in [2.24, 2.45) is 5.92 Å². The summed E-state index contributed by atoms with van der Waals surface area (Å²) in [5.74, 6) is -0.135. The Morgan fingerprint density at radius 3 is 2.64 bits per heavy atom. The van der Waals surface area contributed by atoms with E-state index in [2.05, 4.69) is 4.90 Å². The Balaban J connectivity index is 1.48. The first kappa shape index (κ1) is 26.6. The molecule has 0 amide bonds. The summed E-state index contributed by atoms with van der Waals surface area (Å²) in [6.07, 6.45) is 0.821. The number of likely N-dealkylation sites (tertiary alicyclic amines) is 1. The second-order valence-corrected chi connectivity index (χ2v) is 10.1. The summed E-state index contributed by atoms with van der Waals surface area (Å²) in [6, 6.07) is 11.8. The van der Waals surface area contributed by atoms with Gasteiger partial charge in [0.2, 0.25) is 11.2 Å². The van der Waals surface area contributed by atoms with E-state index in [9.17, 15) is 19.5 Å². The van der Waals surface area contributed by atoms with Gasteiger partial charge in [0.05, 0.1) is 40.2 Å². The highest BCUT2D eigenvalue weighted by molar-refractivity contribution is 5.71. The zero-order valence-electron chi connectivity index (χ0n) is 22.2. The number of carbonyl (C=O) groups is 1. The summed E-state index contributed by atoms with van der Waals surface area (Å²) in [7, 11) is 4.29. The first-order valence-corrected chi connectivity index (χ1v) is 12.9. The molecule has 1 fully saturated rings. The highest BCUT2D eigenvalue weighted by atomic mass is 16.5. The Morgan fingerprint density at radius 1 is 1.08 bits per heavy atom. The van der Waals surface area contributed by atoms with Gasteiger partial charge in [0.15, 0.2) is 5.76 Å². The van der Waals surface area contributed by atoms with Crippen molar-refractivity contribution >= 4 is 5.97 Å². The van der Waals surface area contributed by atoms with Crippen LogP contribution < -0.4 is 20.5 Å². The maximum Gasteiger partial charge on any atom is 0.306 e. The molecule has 3 atom stereocenters. The largest absolute Gasteiger partial charge is 0.502 e. The molecular formula is C29H32N2O8. The predicted octanol–water partition coefficient (Wildman–Crippen LogP) is 2.84. The standard InChI is InChI=1S/C29H32N2O8/c1-36-19-7-8-21(25(11-19)37-2)22(12-27(34)38-3)29-28(35)24(32)10-20(39-29)16-30-13-17-9-18(15-30)23-5-4-6-26(33)31(23)14-17/h4-8,10-11,17-18,22,35H,9,12-16H2,1-3H3/t17-,18+,22-/m0/s1. The maximum absolute atomic E-state index is 12.9. The highest BCUT2D eigenvalue weighted by Crippen LogP contribution is 2.40. The number of esters is 1. The van der Waals surface area contributed by atoms with Crippen LogP contribution in [-0.4, -0.2) is 55.0 Å². The van der Waals surface area contributed by atoms with Gasteiger partial charge in [-0.3, -0.25) is 19.3 Å². The molecule has 3 aromatic rings. The van der Waals surface area contributed by atoms with Crippen molar-refractivity contribution in [1.82, 2.24) is 9.47 Å². The number of fused-ring (bicyclic) bond motifs is 4. The SMILES string of the molecule is COC(=O)C[C@@H](c1ccc(OC)cc1OC)c1oc(CN2C[C@@H]3C[C@H](C2)c2cccc(=O)n2C3)cc(=O)c1O. The minimum Gasteiger partial charge on any atom is -0.502 e. The van der Waals surface area contributed by atoms with E-state index in [1.54, 1.807) is 30.3 Å². The molecule has 2 bridgehead atoms. The number of pyridine rings is 1. The fourth-order valence-corrected chi connectivity index (χ4v) is 5.91. The Kier molecular flexibility index (Phi) is 7.47. The molecule has 10 nitrogen and oxygen atoms in total. The minimum atomic E-state index is -0.842. The normalized spacial score (nSPS) is 19.2. The lowest BCUT2D eigenvalue weighted by Crippen LogP contribution is -2.46. The van der Waals surface area contributed by atoms with Crippen LogP contribution in [0.5, 0.6) is 17.2 Å². The summed E-state index contributed by atoms with van der Waals surface area (Å²) >= 11 is 0. The van der Waals surface area contributed by atoms with Crippen LogP contribution in [0.1, 0.15) is 47.5 Å². The van der Waals surface area contributed by atoms with Crippen molar-refractivity contribution in [2.45, 2.75) is 37.8 Å². The number of rotatable bonds is 8. The summed E-state index contributed by atoms with van der Waals surface area (Å²) < 4.78 is 23.8. The fourth-order valence-electron chi connectivity index (χ4n) is 5.91. The maximum atomic E-state index is 12.9. The first-order chi connectivity index (χ1) is 18.8. The number of aromatic hydroxyl groups is 1. The smallest absolute Gasteiger partial charge is 0.306 e. The first-order valence-electron chi connectivity index (χ1n) is 12.9. The van der Waals surface area contributed by atoms with E-state index in [0.29, 0.717) is 48.4 Å². The molecule has 1 aromatic carbocycles. The summed E-state index contributed by atoms with van der Waals surface area (Å²) in [5, 5.41) is 10.8. The number of carbonyl (C=O) groups excluding carboxylic acids is 1. The third-order valence-corrected chi connectivity index (χ3v) is 7.67. The molecule has 1 N–H and O–H groups in total. The van der Waals surface area contributed by atoms with E-state index in [4.69, 9.17) is 18.6 Å². The number of piperidine rings is 1. The highest BCUT2D eigenvalue weighted by Gasteiger charge is 2.35. The van der Waals surface area contributed by atoms with E-state index >= 15 is 0 Å². The van der Waals surface area contributed by atoms with E-state index in [-0.39, 0.29) is 23.7 Å². The van der Waals surface area contributed by atoms with Gasteiger partial charge in [-0.25, -0.2) is 0 Å². The lowest BCUT2D eigenvalue weighted by atomic mass is 9.83. The molecule has 0 unspecified atom stereocenters. The van der Waals surface area contributed by atoms with Crippen LogP contribution in [-0.2, 0) is 22.6 Å². The summed E-state index contributed by atoms with van der Waals surface area (Å²) in [5.41, 5.74) is 0.994. The topological polar surface area (TPSA) is 120 Å². The number of benzene rings is 1. The average Bonchev–Trinajstić information content (AvgIpc) is 2.93. The lowest BCUT2D eigenvalue weighted by Gasteiger charge is -2.42. The van der Waals surface area contributed by atoms with Crippen LogP contribution in [0.15, 0.2) is 56.5 Å². The molecule has 0 saturated carbocycles. The lowest BCUT2D eigenvalue weighted by molar-refractivity contribution is -0.140. The number of ether oxygens (including phenoxy) is 3. The number of nitrogens with zero attached hydrogens (tertiary/aromatic N) is 2. The van der Waals surface area contributed by atoms with Crippen LogP contribution in [0, 0.1) is 5.92 Å². The Hall–Kier alpha value is -4.05. The van der Waals surface area contributed by atoms with Gasteiger partial charge in [-0.2, -0.15) is 0 Å². The van der Waals surface area contributed by atoms with Crippen LogP contribution in [0.2, 0.25) is 0 Å². The van der Waals surface area contributed by atoms with Crippen LogP contribution >= 0.6 is 0 Å². The zero-order chi connectivity index (χ0) is 27.7.